The third-order valence-electron chi connectivity index (χ3n) is 2.09. The zero-order valence-corrected chi connectivity index (χ0v) is 11.8. The number of methoxy groups -OCH3 is 2. The standard InChI is InChI=1S/C11H14INO4/c1-16-9-6-7(11(15)13-3-4-14)5-8(12)10(9)17-2/h5-6,14H,3-4H2,1-2H3,(H,13,15). The van der Waals surface area contributed by atoms with Gasteiger partial charge in [-0.1, -0.05) is 0 Å². The molecule has 0 saturated carbocycles. The average molecular weight is 351 g/mol. The Morgan fingerprint density at radius 2 is 2.12 bits per heavy atom. The second-order valence-corrected chi connectivity index (χ2v) is 4.34. The van der Waals surface area contributed by atoms with Gasteiger partial charge in [0.15, 0.2) is 11.5 Å². The van der Waals surface area contributed by atoms with E-state index >= 15 is 0 Å². The Bertz CT molecular complexity index is 409. The van der Waals surface area contributed by atoms with Gasteiger partial charge in [-0.05, 0) is 34.7 Å². The van der Waals surface area contributed by atoms with Crippen LogP contribution in [0.15, 0.2) is 12.1 Å². The van der Waals surface area contributed by atoms with Crippen LogP contribution in [-0.2, 0) is 0 Å². The number of hydrogen-bond donors (Lipinski definition) is 2. The van der Waals surface area contributed by atoms with Crippen LogP contribution in [0.25, 0.3) is 0 Å². The van der Waals surface area contributed by atoms with Crippen LogP contribution in [0.2, 0.25) is 0 Å². The highest BCUT2D eigenvalue weighted by atomic mass is 127. The van der Waals surface area contributed by atoms with Gasteiger partial charge in [0.1, 0.15) is 0 Å². The number of halogens is 1. The summed E-state index contributed by atoms with van der Waals surface area (Å²) in [6.07, 6.45) is 0. The number of aliphatic hydroxyl groups is 1. The lowest BCUT2D eigenvalue weighted by molar-refractivity contribution is 0.0944. The number of aliphatic hydroxyl groups excluding tert-OH is 1. The third-order valence-corrected chi connectivity index (χ3v) is 2.89. The number of rotatable bonds is 5. The zero-order valence-electron chi connectivity index (χ0n) is 9.62. The molecule has 2 N–H and O–H groups in total. The van der Waals surface area contributed by atoms with Crippen molar-refractivity contribution in [3.8, 4) is 11.5 Å². The van der Waals surface area contributed by atoms with E-state index < -0.39 is 0 Å². The average Bonchev–Trinajstić information content (AvgIpc) is 2.34. The molecule has 0 spiro atoms. The maximum absolute atomic E-state index is 11.7. The Morgan fingerprint density at radius 3 is 2.65 bits per heavy atom. The topological polar surface area (TPSA) is 67.8 Å². The Balaban J connectivity index is 3.02. The van der Waals surface area contributed by atoms with Crippen molar-refractivity contribution >= 4 is 28.5 Å². The molecule has 0 radical (unpaired) electrons. The molecule has 0 heterocycles. The van der Waals surface area contributed by atoms with Crippen molar-refractivity contribution in [2.75, 3.05) is 27.4 Å². The SMILES string of the molecule is COc1cc(C(=O)NCCO)cc(I)c1OC. The zero-order chi connectivity index (χ0) is 12.8. The summed E-state index contributed by atoms with van der Waals surface area (Å²) in [6, 6.07) is 3.31. The van der Waals surface area contributed by atoms with E-state index in [4.69, 9.17) is 14.6 Å². The molecule has 1 aromatic rings. The lowest BCUT2D eigenvalue weighted by Gasteiger charge is -2.11. The molecular formula is C11H14INO4. The van der Waals surface area contributed by atoms with Crippen LogP contribution in [-0.4, -0.2) is 38.4 Å². The van der Waals surface area contributed by atoms with Crippen molar-refractivity contribution in [2.45, 2.75) is 0 Å². The molecule has 0 saturated heterocycles. The molecule has 6 heteroatoms. The van der Waals surface area contributed by atoms with Crippen LogP contribution in [0.5, 0.6) is 11.5 Å². The van der Waals surface area contributed by atoms with Crippen molar-refractivity contribution in [2.24, 2.45) is 0 Å². The van der Waals surface area contributed by atoms with Gasteiger partial charge in [0.2, 0.25) is 0 Å². The second-order valence-electron chi connectivity index (χ2n) is 3.17. The number of ether oxygens (including phenoxy) is 2. The van der Waals surface area contributed by atoms with E-state index in [1.165, 1.54) is 7.11 Å². The predicted octanol–water partition coefficient (Wildman–Crippen LogP) is 1.03. The van der Waals surface area contributed by atoms with Gasteiger partial charge in [0, 0.05) is 12.1 Å². The predicted molar refractivity (Wildman–Crippen MR) is 71.7 cm³/mol. The van der Waals surface area contributed by atoms with E-state index in [2.05, 4.69) is 27.9 Å². The first kappa shape index (κ1) is 14.0. The second kappa shape index (κ2) is 6.65. The monoisotopic (exact) mass is 351 g/mol. The van der Waals surface area contributed by atoms with Gasteiger partial charge >= 0.3 is 0 Å². The summed E-state index contributed by atoms with van der Waals surface area (Å²) in [6.45, 7) is 0.139. The highest BCUT2D eigenvalue weighted by Crippen LogP contribution is 2.33. The molecule has 5 nitrogen and oxygen atoms in total. The van der Waals surface area contributed by atoms with Gasteiger partial charge in [-0.15, -0.1) is 0 Å². The van der Waals surface area contributed by atoms with Crippen molar-refractivity contribution in [1.29, 1.82) is 0 Å². The molecule has 94 valence electrons. The fraction of sp³-hybridized carbons (Fsp3) is 0.364. The normalized spacial score (nSPS) is 9.88. The smallest absolute Gasteiger partial charge is 0.251 e. The Kier molecular flexibility index (Phi) is 5.49. The summed E-state index contributed by atoms with van der Waals surface area (Å²) in [5.74, 6) is 0.860. The number of benzene rings is 1. The molecule has 0 fully saturated rings. The van der Waals surface area contributed by atoms with Gasteiger partial charge in [-0.2, -0.15) is 0 Å². The van der Waals surface area contributed by atoms with Gasteiger partial charge in [0.05, 0.1) is 24.4 Å². The van der Waals surface area contributed by atoms with Crippen LogP contribution in [0.1, 0.15) is 10.4 Å². The Morgan fingerprint density at radius 1 is 1.41 bits per heavy atom. The molecule has 0 atom stereocenters. The highest BCUT2D eigenvalue weighted by molar-refractivity contribution is 14.1. The van der Waals surface area contributed by atoms with E-state index in [1.54, 1.807) is 19.2 Å². The number of hydrogen-bond acceptors (Lipinski definition) is 4. The highest BCUT2D eigenvalue weighted by Gasteiger charge is 2.14. The number of nitrogens with one attached hydrogen (secondary N) is 1. The Hall–Kier alpha value is -1.02. The summed E-state index contributed by atoms with van der Waals surface area (Å²) in [4.78, 5) is 11.7. The number of carbonyl (C=O) groups excluding carboxylic acids is 1. The van der Waals surface area contributed by atoms with Gasteiger partial charge in [-0.25, -0.2) is 0 Å². The van der Waals surface area contributed by atoms with Crippen LogP contribution >= 0.6 is 22.6 Å². The third kappa shape index (κ3) is 3.47. The van der Waals surface area contributed by atoms with Gasteiger partial charge in [-0.3, -0.25) is 4.79 Å². The molecule has 0 aliphatic heterocycles. The van der Waals surface area contributed by atoms with Crippen LogP contribution in [0, 0.1) is 3.57 Å². The molecular weight excluding hydrogens is 337 g/mol. The van der Waals surface area contributed by atoms with E-state index in [0.29, 0.717) is 17.1 Å². The van der Waals surface area contributed by atoms with Crippen LogP contribution < -0.4 is 14.8 Å². The summed E-state index contributed by atoms with van der Waals surface area (Å²) in [5, 5.41) is 11.2. The first-order valence-electron chi connectivity index (χ1n) is 4.94. The largest absolute Gasteiger partial charge is 0.493 e. The molecule has 1 aromatic carbocycles. The quantitative estimate of drug-likeness (QED) is 0.778. The Labute approximate surface area is 113 Å². The van der Waals surface area contributed by atoms with Crippen molar-refractivity contribution in [3.05, 3.63) is 21.3 Å². The summed E-state index contributed by atoms with van der Waals surface area (Å²) in [5.41, 5.74) is 0.473. The first-order chi connectivity index (χ1) is 8.13. The minimum atomic E-state index is -0.252. The molecule has 1 rings (SSSR count). The minimum absolute atomic E-state index is 0.0872. The number of amides is 1. The molecule has 0 aliphatic rings. The van der Waals surface area contributed by atoms with Gasteiger partial charge < -0.3 is 19.9 Å². The van der Waals surface area contributed by atoms with E-state index in [9.17, 15) is 4.79 Å². The summed E-state index contributed by atoms with van der Waals surface area (Å²) in [7, 11) is 3.06. The first-order valence-corrected chi connectivity index (χ1v) is 6.02. The van der Waals surface area contributed by atoms with E-state index in [-0.39, 0.29) is 19.1 Å². The summed E-state index contributed by atoms with van der Waals surface area (Å²) < 4.78 is 11.1. The minimum Gasteiger partial charge on any atom is -0.493 e. The fourth-order valence-corrected chi connectivity index (χ4v) is 2.14. The van der Waals surface area contributed by atoms with Crippen molar-refractivity contribution in [3.63, 3.8) is 0 Å². The lowest BCUT2D eigenvalue weighted by Crippen LogP contribution is -2.26. The van der Waals surface area contributed by atoms with Crippen molar-refractivity contribution < 1.29 is 19.4 Å². The maximum atomic E-state index is 11.7. The summed E-state index contributed by atoms with van der Waals surface area (Å²) >= 11 is 2.07. The molecule has 0 aliphatic carbocycles. The molecule has 17 heavy (non-hydrogen) atoms. The van der Waals surface area contributed by atoms with E-state index in [0.717, 1.165) is 3.57 Å². The molecule has 0 unspecified atom stereocenters. The maximum Gasteiger partial charge on any atom is 0.251 e. The van der Waals surface area contributed by atoms with E-state index in [1.807, 2.05) is 0 Å². The fourth-order valence-electron chi connectivity index (χ4n) is 1.32. The van der Waals surface area contributed by atoms with Crippen LogP contribution in [0.4, 0.5) is 0 Å². The number of carbonyl (C=O) groups is 1. The lowest BCUT2D eigenvalue weighted by atomic mass is 10.2. The van der Waals surface area contributed by atoms with Gasteiger partial charge in [0.25, 0.3) is 5.91 Å². The molecule has 0 aromatic heterocycles. The molecule has 1 amide bonds. The van der Waals surface area contributed by atoms with Crippen LogP contribution in [0.3, 0.4) is 0 Å². The molecule has 0 bridgehead atoms. The van der Waals surface area contributed by atoms with Crippen molar-refractivity contribution in [1.82, 2.24) is 5.32 Å².